The number of nitrogens with zero attached hydrogens (tertiary/aromatic N) is 3. The molecule has 0 aliphatic carbocycles. The summed E-state index contributed by atoms with van der Waals surface area (Å²) in [5, 5.41) is 12.2. The van der Waals surface area contributed by atoms with Crippen molar-refractivity contribution in [2.24, 2.45) is 0 Å². The minimum absolute atomic E-state index is 0.292. The standard InChI is InChI=1S/C15H18N4O/c1-11-5-4-6-12(9-11)14-18-13(10-16)15(20-14)17-7-8-19(2)3/h4-6,9,17H,7-8H2,1-3H3. The molecule has 0 radical (unpaired) electrons. The van der Waals surface area contributed by atoms with Crippen molar-refractivity contribution in [3.63, 3.8) is 0 Å². The van der Waals surface area contributed by atoms with Crippen LogP contribution in [-0.2, 0) is 0 Å². The van der Waals surface area contributed by atoms with Gasteiger partial charge in [-0.1, -0.05) is 17.7 Å². The van der Waals surface area contributed by atoms with Crippen LogP contribution in [0.25, 0.3) is 11.5 Å². The van der Waals surface area contributed by atoms with E-state index in [2.05, 4.69) is 21.3 Å². The van der Waals surface area contributed by atoms with E-state index in [9.17, 15) is 0 Å². The highest BCUT2D eigenvalue weighted by Gasteiger charge is 2.14. The molecule has 1 aromatic carbocycles. The number of anilines is 1. The third-order valence-electron chi connectivity index (χ3n) is 2.84. The van der Waals surface area contributed by atoms with E-state index < -0.39 is 0 Å². The molecule has 2 rings (SSSR count). The zero-order valence-electron chi connectivity index (χ0n) is 12.0. The number of aryl methyl sites for hydroxylation is 1. The Labute approximate surface area is 118 Å². The summed E-state index contributed by atoms with van der Waals surface area (Å²) in [7, 11) is 3.98. The van der Waals surface area contributed by atoms with Crippen molar-refractivity contribution in [1.29, 1.82) is 5.26 Å². The Morgan fingerprint density at radius 2 is 2.20 bits per heavy atom. The van der Waals surface area contributed by atoms with E-state index in [1.165, 1.54) is 0 Å². The summed E-state index contributed by atoms with van der Waals surface area (Å²) in [6.07, 6.45) is 0. The first-order chi connectivity index (χ1) is 9.60. The Morgan fingerprint density at radius 1 is 1.40 bits per heavy atom. The molecule has 0 atom stereocenters. The quantitative estimate of drug-likeness (QED) is 0.904. The maximum absolute atomic E-state index is 9.12. The molecule has 1 aromatic heterocycles. The van der Waals surface area contributed by atoms with E-state index >= 15 is 0 Å². The zero-order valence-corrected chi connectivity index (χ0v) is 12.0. The molecular weight excluding hydrogens is 252 g/mol. The van der Waals surface area contributed by atoms with Gasteiger partial charge in [-0.3, -0.25) is 0 Å². The first-order valence-electron chi connectivity index (χ1n) is 6.46. The highest BCUT2D eigenvalue weighted by atomic mass is 16.4. The molecule has 5 nitrogen and oxygen atoms in total. The summed E-state index contributed by atoms with van der Waals surface area (Å²) in [5.74, 6) is 0.906. The van der Waals surface area contributed by atoms with Crippen LogP contribution in [0.5, 0.6) is 0 Å². The van der Waals surface area contributed by atoms with Crippen molar-refractivity contribution in [3.8, 4) is 17.5 Å². The average Bonchev–Trinajstić information content (AvgIpc) is 2.81. The number of likely N-dealkylation sites (N-methyl/N-ethyl adjacent to an activating group) is 1. The molecule has 0 amide bonds. The monoisotopic (exact) mass is 270 g/mol. The fourth-order valence-corrected chi connectivity index (χ4v) is 1.81. The number of aromatic nitrogens is 1. The van der Waals surface area contributed by atoms with Crippen molar-refractivity contribution < 1.29 is 4.42 Å². The molecule has 2 aromatic rings. The Bertz CT molecular complexity index is 625. The second kappa shape index (κ2) is 6.22. The molecule has 1 N–H and O–H groups in total. The van der Waals surface area contributed by atoms with E-state index in [1.807, 2.05) is 45.3 Å². The van der Waals surface area contributed by atoms with Crippen LogP contribution in [0.1, 0.15) is 11.3 Å². The number of hydrogen-bond donors (Lipinski definition) is 1. The van der Waals surface area contributed by atoms with Gasteiger partial charge in [0.15, 0.2) is 0 Å². The maximum Gasteiger partial charge on any atom is 0.232 e. The summed E-state index contributed by atoms with van der Waals surface area (Å²) >= 11 is 0. The van der Waals surface area contributed by atoms with Crippen LogP contribution in [0.4, 0.5) is 5.88 Å². The average molecular weight is 270 g/mol. The van der Waals surface area contributed by atoms with Crippen LogP contribution < -0.4 is 5.32 Å². The first-order valence-corrected chi connectivity index (χ1v) is 6.46. The molecule has 0 saturated heterocycles. The third-order valence-corrected chi connectivity index (χ3v) is 2.84. The molecular formula is C15H18N4O. The smallest absolute Gasteiger partial charge is 0.232 e. The number of nitrogens with one attached hydrogen (secondary N) is 1. The topological polar surface area (TPSA) is 65.1 Å². The summed E-state index contributed by atoms with van der Waals surface area (Å²) < 4.78 is 5.67. The van der Waals surface area contributed by atoms with Crippen molar-refractivity contribution in [1.82, 2.24) is 9.88 Å². The lowest BCUT2D eigenvalue weighted by Crippen LogP contribution is -2.20. The molecule has 0 unspecified atom stereocenters. The Balaban J connectivity index is 2.20. The van der Waals surface area contributed by atoms with Gasteiger partial charge in [0.1, 0.15) is 6.07 Å². The van der Waals surface area contributed by atoms with Crippen LogP contribution in [0, 0.1) is 18.3 Å². The van der Waals surface area contributed by atoms with E-state index in [0.29, 0.717) is 24.0 Å². The highest BCUT2D eigenvalue weighted by molar-refractivity contribution is 5.59. The van der Waals surface area contributed by atoms with Gasteiger partial charge in [0.05, 0.1) is 0 Å². The molecule has 5 heteroatoms. The van der Waals surface area contributed by atoms with Crippen molar-refractivity contribution >= 4 is 5.88 Å². The van der Waals surface area contributed by atoms with Crippen molar-refractivity contribution in [2.45, 2.75) is 6.92 Å². The summed E-state index contributed by atoms with van der Waals surface area (Å²) in [4.78, 5) is 6.29. The predicted molar refractivity (Wildman–Crippen MR) is 78.4 cm³/mol. The third kappa shape index (κ3) is 3.37. The summed E-state index contributed by atoms with van der Waals surface area (Å²) in [6.45, 7) is 3.56. The fraction of sp³-hybridized carbons (Fsp3) is 0.333. The van der Waals surface area contributed by atoms with Gasteiger partial charge in [0.2, 0.25) is 17.5 Å². The molecule has 0 spiro atoms. The van der Waals surface area contributed by atoms with Gasteiger partial charge in [-0.2, -0.15) is 10.2 Å². The minimum Gasteiger partial charge on any atom is -0.419 e. The predicted octanol–water partition coefficient (Wildman–Crippen LogP) is 2.50. The Morgan fingerprint density at radius 3 is 2.85 bits per heavy atom. The zero-order chi connectivity index (χ0) is 14.5. The van der Waals surface area contributed by atoms with Gasteiger partial charge < -0.3 is 14.6 Å². The van der Waals surface area contributed by atoms with Crippen LogP contribution in [0.3, 0.4) is 0 Å². The first kappa shape index (κ1) is 14.1. The van der Waals surface area contributed by atoms with Gasteiger partial charge in [0, 0.05) is 18.7 Å². The molecule has 0 aliphatic rings. The molecule has 0 bridgehead atoms. The van der Waals surface area contributed by atoms with Gasteiger partial charge >= 0.3 is 0 Å². The van der Waals surface area contributed by atoms with Gasteiger partial charge in [-0.15, -0.1) is 0 Å². The lowest BCUT2D eigenvalue weighted by atomic mass is 10.1. The fourth-order valence-electron chi connectivity index (χ4n) is 1.81. The number of benzene rings is 1. The number of oxazole rings is 1. The van der Waals surface area contributed by atoms with Crippen LogP contribution >= 0.6 is 0 Å². The van der Waals surface area contributed by atoms with E-state index in [4.69, 9.17) is 9.68 Å². The van der Waals surface area contributed by atoms with Gasteiger partial charge in [-0.05, 0) is 33.2 Å². The minimum atomic E-state index is 0.292. The van der Waals surface area contributed by atoms with Gasteiger partial charge in [-0.25, -0.2) is 0 Å². The van der Waals surface area contributed by atoms with Crippen LogP contribution in [-0.4, -0.2) is 37.1 Å². The molecule has 1 heterocycles. The number of hydrogen-bond acceptors (Lipinski definition) is 5. The summed E-state index contributed by atoms with van der Waals surface area (Å²) in [6, 6.07) is 9.91. The van der Waals surface area contributed by atoms with Crippen molar-refractivity contribution in [3.05, 3.63) is 35.5 Å². The Hall–Kier alpha value is -2.32. The molecule has 0 fully saturated rings. The normalized spacial score (nSPS) is 10.6. The second-order valence-corrected chi connectivity index (χ2v) is 4.91. The van der Waals surface area contributed by atoms with E-state index in [-0.39, 0.29) is 0 Å². The highest BCUT2D eigenvalue weighted by Crippen LogP contribution is 2.25. The number of rotatable bonds is 5. The van der Waals surface area contributed by atoms with Gasteiger partial charge in [0.25, 0.3) is 0 Å². The molecule has 0 aliphatic heterocycles. The molecule has 104 valence electrons. The van der Waals surface area contributed by atoms with Crippen molar-refractivity contribution in [2.75, 3.05) is 32.5 Å². The maximum atomic E-state index is 9.12. The molecule has 20 heavy (non-hydrogen) atoms. The Kier molecular flexibility index (Phi) is 4.38. The lowest BCUT2D eigenvalue weighted by Gasteiger charge is -2.09. The van der Waals surface area contributed by atoms with E-state index in [0.717, 1.165) is 17.7 Å². The molecule has 0 saturated carbocycles. The SMILES string of the molecule is Cc1cccc(-c2nc(C#N)c(NCCN(C)C)o2)c1. The number of nitriles is 1. The van der Waals surface area contributed by atoms with E-state index in [1.54, 1.807) is 0 Å². The van der Waals surface area contributed by atoms with Crippen LogP contribution in [0.2, 0.25) is 0 Å². The van der Waals surface area contributed by atoms with Crippen LogP contribution in [0.15, 0.2) is 28.7 Å². The largest absolute Gasteiger partial charge is 0.419 e. The summed E-state index contributed by atoms with van der Waals surface area (Å²) in [5.41, 5.74) is 2.30. The second-order valence-electron chi connectivity index (χ2n) is 4.91. The lowest BCUT2D eigenvalue weighted by molar-refractivity contribution is 0.423.